The minimum absolute atomic E-state index is 0.203. The van der Waals surface area contributed by atoms with Crippen LogP contribution in [0, 0.1) is 52.8 Å². The lowest BCUT2D eigenvalue weighted by atomic mass is 9.48. The van der Waals surface area contributed by atoms with Crippen molar-refractivity contribution in [3.05, 3.63) is 0 Å². The third-order valence-electron chi connectivity index (χ3n) is 10.0. The molecule has 0 bridgehead atoms. The maximum absolute atomic E-state index is 13.4. The van der Waals surface area contributed by atoms with Gasteiger partial charge < -0.3 is 0 Å². The molecule has 0 amide bonds. The van der Waals surface area contributed by atoms with Crippen molar-refractivity contribution < 1.29 is 4.79 Å². The first-order chi connectivity index (χ1) is 14.0. The number of nitrogens with zero attached hydrogens (tertiary/aromatic N) is 2. The third kappa shape index (κ3) is 3.23. The largest absolute Gasteiger partial charge is 0.298 e. The van der Waals surface area contributed by atoms with Crippen LogP contribution in [0.4, 0.5) is 0 Å². The molecule has 0 saturated heterocycles. The summed E-state index contributed by atoms with van der Waals surface area (Å²) in [5.74, 6) is 6.84. The van der Waals surface area contributed by atoms with Gasteiger partial charge in [0, 0.05) is 5.92 Å². The number of ketones is 1. The number of hydrogen-bond donors (Lipinski definition) is 2. The first-order valence-corrected chi connectivity index (χ1v) is 12.3. The average molecular weight is 401 g/mol. The van der Waals surface area contributed by atoms with Crippen molar-refractivity contribution in [1.82, 2.24) is 16.1 Å². The maximum atomic E-state index is 13.4. The van der Waals surface area contributed by atoms with Gasteiger partial charge >= 0.3 is 0 Å². The van der Waals surface area contributed by atoms with Crippen LogP contribution in [-0.2, 0) is 4.79 Å². The van der Waals surface area contributed by atoms with Crippen molar-refractivity contribution in [1.29, 1.82) is 0 Å². The van der Waals surface area contributed by atoms with Gasteiger partial charge in [-0.05, 0) is 91.8 Å². The molecule has 29 heavy (non-hydrogen) atoms. The van der Waals surface area contributed by atoms with Gasteiger partial charge in [-0.1, -0.05) is 33.6 Å². The lowest BCUT2D eigenvalue weighted by molar-refractivity contribution is -0.133. The molecule has 9 atom stereocenters. The van der Waals surface area contributed by atoms with Crippen LogP contribution in [0.2, 0.25) is 0 Å². The van der Waals surface area contributed by atoms with E-state index in [4.69, 9.17) is 0 Å². The molecule has 0 aromatic carbocycles. The molecule has 5 nitrogen and oxygen atoms in total. The molecule has 4 saturated carbocycles. The van der Waals surface area contributed by atoms with Crippen LogP contribution in [-0.4, -0.2) is 23.8 Å². The predicted octanol–water partition coefficient (Wildman–Crippen LogP) is 4.36. The highest BCUT2D eigenvalue weighted by atomic mass is 16.1. The molecule has 1 heterocycles. The number of rotatable bonds is 4. The van der Waals surface area contributed by atoms with Gasteiger partial charge in [-0.2, -0.15) is 5.10 Å². The lowest BCUT2D eigenvalue weighted by Crippen LogP contribution is -2.51. The molecule has 1 aliphatic heterocycles. The number of nitrogens with one attached hydrogen (secondary N) is 2. The van der Waals surface area contributed by atoms with Crippen molar-refractivity contribution in [2.24, 2.45) is 57.9 Å². The Labute approximate surface area is 176 Å². The van der Waals surface area contributed by atoms with E-state index in [1.165, 1.54) is 51.4 Å². The Morgan fingerprint density at radius 1 is 1.14 bits per heavy atom. The highest BCUT2D eigenvalue weighted by Crippen LogP contribution is 2.66. The zero-order valence-electron chi connectivity index (χ0n) is 18.6. The number of hydrazone groups is 1. The van der Waals surface area contributed by atoms with E-state index in [9.17, 15) is 4.79 Å². The van der Waals surface area contributed by atoms with E-state index in [2.05, 4.69) is 36.8 Å². The molecular formula is C24H40N4O. The van der Waals surface area contributed by atoms with Gasteiger partial charge in [-0.25, -0.2) is 5.53 Å². The highest BCUT2D eigenvalue weighted by Gasteiger charge is 2.61. The standard InChI is InChI=1S/C24H40N4O/c1-4-16-12-21(22(29)13-28-26-14-25-27-28)24(3)10-9-19-18-7-5-15(2)11-17(18)6-8-20(19)23(16)24/h14-21,23,27H,4-13H2,1-3H3,(H,25,26)/t15?,16-,17?,18?,19?,20?,21?,23?,24?/m1/s1. The minimum Gasteiger partial charge on any atom is -0.298 e. The van der Waals surface area contributed by atoms with Gasteiger partial charge in [-0.3, -0.25) is 10.2 Å². The second-order valence-corrected chi connectivity index (χ2v) is 11.3. The molecule has 0 aromatic heterocycles. The maximum Gasteiger partial charge on any atom is 0.154 e. The number of carbonyl (C=O) groups excluding carboxylic acids is 1. The van der Waals surface area contributed by atoms with E-state index < -0.39 is 0 Å². The summed E-state index contributed by atoms with van der Waals surface area (Å²) in [4.78, 5) is 13.4. The molecule has 5 heteroatoms. The molecule has 5 aliphatic rings. The molecule has 8 unspecified atom stereocenters. The fourth-order valence-electron chi connectivity index (χ4n) is 8.87. The summed E-state index contributed by atoms with van der Waals surface area (Å²) in [6, 6.07) is 0. The normalized spacial score (nSPS) is 48.9. The number of fused-ring (bicyclic) bond motifs is 5. The SMILES string of the molecule is CC[C@@H]1CC(C(=O)CN2NC=NN2)C2(C)CCC3C4CCC(C)CC4CCC3C12. The monoisotopic (exact) mass is 400 g/mol. The van der Waals surface area contributed by atoms with E-state index in [0.717, 1.165) is 47.8 Å². The van der Waals surface area contributed by atoms with Crippen LogP contribution in [0.15, 0.2) is 5.10 Å². The van der Waals surface area contributed by atoms with Crippen molar-refractivity contribution >= 4 is 12.1 Å². The summed E-state index contributed by atoms with van der Waals surface area (Å²) in [5.41, 5.74) is 6.08. The van der Waals surface area contributed by atoms with E-state index in [0.29, 0.717) is 12.3 Å². The first-order valence-electron chi connectivity index (χ1n) is 12.3. The van der Waals surface area contributed by atoms with Crippen molar-refractivity contribution in [3.63, 3.8) is 0 Å². The lowest BCUT2D eigenvalue weighted by Gasteiger charge is -2.57. The molecule has 162 valence electrons. The molecule has 0 spiro atoms. The van der Waals surface area contributed by atoms with Crippen LogP contribution in [0.3, 0.4) is 0 Å². The summed E-state index contributed by atoms with van der Waals surface area (Å²) in [6.07, 6.45) is 13.9. The van der Waals surface area contributed by atoms with Crippen LogP contribution in [0.5, 0.6) is 0 Å². The Morgan fingerprint density at radius 3 is 2.72 bits per heavy atom. The summed E-state index contributed by atoms with van der Waals surface area (Å²) in [6.45, 7) is 7.73. The number of hydrogen-bond acceptors (Lipinski definition) is 5. The quantitative estimate of drug-likeness (QED) is 0.736. The van der Waals surface area contributed by atoms with E-state index in [-0.39, 0.29) is 11.3 Å². The molecular weight excluding hydrogens is 360 g/mol. The zero-order chi connectivity index (χ0) is 20.2. The topological polar surface area (TPSA) is 56.7 Å². The summed E-state index contributed by atoms with van der Waals surface area (Å²) in [7, 11) is 0. The fourth-order valence-corrected chi connectivity index (χ4v) is 8.87. The molecule has 4 aliphatic carbocycles. The van der Waals surface area contributed by atoms with E-state index in [1.54, 1.807) is 11.5 Å². The molecule has 5 rings (SSSR count). The van der Waals surface area contributed by atoms with Crippen molar-refractivity contribution in [3.8, 4) is 0 Å². The smallest absolute Gasteiger partial charge is 0.154 e. The predicted molar refractivity (Wildman–Crippen MR) is 115 cm³/mol. The van der Waals surface area contributed by atoms with Crippen LogP contribution in [0.25, 0.3) is 0 Å². The third-order valence-corrected chi connectivity index (χ3v) is 10.0. The van der Waals surface area contributed by atoms with Gasteiger partial charge in [-0.15, -0.1) is 5.12 Å². The Hall–Kier alpha value is -1.10. The molecule has 2 N–H and O–H groups in total. The van der Waals surface area contributed by atoms with Crippen molar-refractivity contribution in [2.75, 3.05) is 6.54 Å². The van der Waals surface area contributed by atoms with Crippen LogP contribution in [0.1, 0.15) is 78.6 Å². The molecule has 0 radical (unpaired) electrons. The molecule has 4 fully saturated rings. The summed E-state index contributed by atoms with van der Waals surface area (Å²) in [5, 5.41) is 5.68. The minimum atomic E-state index is 0.203. The van der Waals surface area contributed by atoms with Crippen LogP contribution >= 0.6 is 0 Å². The van der Waals surface area contributed by atoms with E-state index >= 15 is 0 Å². The van der Waals surface area contributed by atoms with E-state index in [1.807, 2.05) is 0 Å². The highest BCUT2D eigenvalue weighted by molar-refractivity contribution is 5.84. The number of hydrazine groups is 2. The van der Waals surface area contributed by atoms with Gasteiger partial charge in [0.1, 0.15) is 6.34 Å². The second-order valence-electron chi connectivity index (χ2n) is 11.3. The summed E-state index contributed by atoms with van der Waals surface area (Å²) < 4.78 is 0. The van der Waals surface area contributed by atoms with Crippen LogP contribution < -0.4 is 11.0 Å². The number of carbonyl (C=O) groups is 1. The zero-order valence-corrected chi connectivity index (χ0v) is 18.6. The first kappa shape index (κ1) is 19.8. The van der Waals surface area contributed by atoms with Gasteiger partial charge in [0.2, 0.25) is 0 Å². The van der Waals surface area contributed by atoms with Gasteiger partial charge in [0.15, 0.2) is 5.78 Å². The Balaban J connectivity index is 1.36. The Kier molecular flexibility index (Phi) is 5.16. The Bertz CT molecular complexity index is 657. The molecule has 0 aromatic rings. The van der Waals surface area contributed by atoms with Gasteiger partial charge in [0.05, 0.1) is 6.54 Å². The van der Waals surface area contributed by atoms with Gasteiger partial charge in [0.25, 0.3) is 0 Å². The summed E-state index contributed by atoms with van der Waals surface area (Å²) >= 11 is 0. The van der Waals surface area contributed by atoms with Crippen molar-refractivity contribution in [2.45, 2.75) is 78.6 Å². The average Bonchev–Trinajstić information content (AvgIpc) is 3.32. The fraction of sp³-hybridized carbons (Fsp3) is 0.917. The Morgan fingerprint density at radius 2 is 1.97 bits per heavy atom. The second kappa shape index (κ2) is 7.55. The number of Topliss-reactive ketones (excluding diaryl/α,β-unsaturated/α-hetero) is 1.